The Morgan fingerprint density at radius 3 is 2.80 bits per heavy atom. The molecule has 1 aliphatic rings. The Labute approximate surface area is 145 Å². The second-order valence-corrected chi connectivity index (χ2v) is 6.15. The van der Waals surface area contributed by atoms with Crippen LogP contribution >= 0.6 is 0 Å². The van der Waals surface area contributed by atoms with Gasteiger partial charge in [-0.15, -0.1) is 0 Å². The first-order chi connectivity index (χ1) is 12.1. The number of nitrogens with zero attached hydrogens (tertiary/aromatic N) is 2. The van der Waals surface area contributed by atoms with Crippen molar-refractivity contribution < 1.29 is 19.4 Å². The molecule has 0 bridgehead atoms. The number of carbonyl (C=O) groups is 2. The number of carboxylic acids is 1. The van der Waals surface area contributed by atoms with Gasteiger partial charge < -0.3 is 15.6 Å². The smallest absolute Gasteiger partial charge is 0.313 e. The molecule has 1 heterocycles. The third kappa shape index (κ3) is 3.81. The number of aryl methyl sites for hydroxylation is 1. The maximum Gasteiger partial charge on any atom is 0.313 e. The number of aromatic nitrogens is 2. The summed E-state index contributed by atoms with van der Waals surface area (Å²) in [5.74, 6) is -1.35. The summed E-state index contributed by atoms with van der Waals surface area (Å²) < 4.78 is 7.08. The third-order valence-corrected chi connectivity index (χ3v) is 4.43. The zero-order valence-electron chi connectivity index (χ0n) is 13.9. The molecule has 25 heavy (non-hydrogen) atoms. The lowest BCUT2D eigenvalue weighted by molar-refractivity contribution is -0.147. The van der Waals surface area contributed by atoms with Crippen LogP contribution in [0.1, 0.15) is 42.0 Å². The van der Waals surface area contributed by atoms with E-state index in [0.29, 0.717) is 17.8 Å². The van der Waals surface area contributed by atoms with Gasteiger partial charge in [-0.05, 0) is 24.8 Å². The molecule has 0 radical (unpaired) electrons. The molecule has 0 aliphatic heterocycles. The Morgan fingerprint density at radius 2 is 2.08 bits per heavy atom. The van der Waals surface area contributed by atoms with Gasteiger partial charge in [0.2, 0.25) is 0 Å². The van der Waals surface area contributed by atoms with E-state index in [-0.39, 0.29) is 25.5 Å². The van der Waals surface area contributed by atoms with Crippen LogP contribution in [0.2, 0.25) is 0 Å². The van der Waals surface area contributed by atoms with E-state index in [0.717, 1.165) is 24.1 Å². The van der Waals surface area contributed by atoms with Crippen molar-refractivity contribution in [2.24, 2.45) is 0 Å². The predicted octanol–water partition coefficient (Wildman–Crippen LogP) is 2.10. The molecule has 1 aromatic carbocycles. The number of ether oxygens (including phenoxy) is 1. The molecule has 7 nitrogen and oxygen atoms in total. The Hall–Kier alpha value is -2.83. The van der Waals surface area contributed by atoms with Crippen LogP contribution in [0.15, 0.2) is 30.3 Å². The molecule has 2 aromatic rings. The number of nitrogens with two attached hydrogens (primary N) is 1. The normalized spacial score (nSPS) is 16.2. The predicted molar refractivity (Wildman–Crippen MR) is 90.8 cm³/mol. The van der Waals surface area contributed by atoms with Gasteiger partial charge in [0.05, 0.1) is 18.9 Å². The Kier molecular flexibility index (Phi) is 5.02. The lowest BCUT2D eigenvalue weighted by Crippen LogP contribution is -2.22. The van der Waals surface area contributed by atoms with E-state index in [2.05, 4.69) is 5.10 Å². The average molecular weight is 343 g/mol. The van der Waals surface area contributed by atoms with Gasteiger partial charge in [-0.1, -0.05) is 30.3 Å². The number of anilines is 1. The van der Waals surface area contributed by atoms with E-state index in [1.807, 2.05) is 30.3 Å². The minimum absolute atomic E-state index is 0.0311. The van der Waals surface area contributed by atoms with E-state index in [1.54, 1.807) is 4.68 Å². The van der Waals surface area contributed by atoms with Gasteiger partial charge in [-0.2, -0.15) is 5.10 Å². The number of nitrogen functional groups attached to an aromatic ring is 1. The lowest BCUT2D eigenvalue weighted by Gasteiger charge is -2.22. The van der Waals surface area contributed by atoms with E-state index in [9.17, 15) is 9.59 Å². The highest BCUT2D eigenvalue weighted by atomic mass is 16.5. The number of rotatable bonds is 6. The van der Waals surface area contributed by atoms with Crippen molar-refractivity contribution in [2.45, 2.75) is 44.8 Å². The van der Waals surface area contributed by atoms with E-state index in [1.165, 1.54) is 0 Å². The zero-order valence-corrected chi connectivity index (χ0v) is 13.9. The maximum absolute atomic E-state index is 12.6. The highest BCUT2D eigenvalue weighted by Crippen LogP contribution is 2.36. The fourth-order valence-corrected chi connectivity index (χ4v) is 3.24. The Bertz CT molecular complexity index is 770. The van der Waals surface area contributed by atoms with Crippen LogP contribution in [0.25, 0.3) is 0 Å². The van der Waals surface area contributed by atoms with Crippen LogP contribution in [0.5, 0.6) is 0 Å². The number of hydrogen-bond donors (Lipinski definition) is 2. The number of hydrogen-bond acceptors (Lipinski definition) is 5. The molecule has 0 fully saturated rings. The van der Waals surface area contributed by atoms with E-state index in [4.69, 9.17) is 15.6 Å². The van der Waals surface area contributed by atoms with Gasteiger partial charge in [0.15, 0.2) is 0 Å². The Balaban J connectivity index is 1.74. The summed E-state index contributed by atoms with van der Waals surface area (Å²) in [6.45, 7) is 0.471. The molecule has 0 saturated heterocycles. The van der Waals surface area contributed by atoms with Crippen molar-refractivity contribution in [2.75, 3.05) is 5.73 Å². The molecule has 132 valence electrons. The van der Waals surface area contributed by atoms with Crippen molar-refractivity contribution in [3.05, 3.63) is 47.2 Å². The fourth-order valence-electron chi connectivity index (χ4n) is 3.24. The summed E-state index contributed by atoms with van der Waals surface area (Å²) in [4.78, 5) is 23.3. The summed E-state index contributed by atoms with van der Waals surface area (Å²) in [5.41, 5.74) is 8.50. The molecular weight excluding hydrogens is 322 g/mol. The SMILES string of the molecule is Nc1nn(CCC(=O)O)c2c1[C@H](C(=O)OCc1ccccc1)CCC2. The standard InChI is InChI=1S/C18H21N3O4/c19-17-16-13(18(24)25-11-12-5-2-1-3-6-12)7-4-8-14(16)21(20-17)10-9-15(22)23/h1-3,5-6,13H,4,7-11H2,(H2,19,20)(H,22,23)/t13-/m1/s1. The molecule has 1 atom stereocenters. The van der Waals surface area contributed by atoms with Gasteiger partial charge in [0.25, 0.3) is 0 Å². The van der Waals surface area contributed by atoms with Gasteiger partial charge in [-0.25, -0.2) is 0 Å². The monoisotopic (exact) mass is 343 g/mol. The van der Waals surface area contributed by atoms with Gasteiger partial charge in [-0.3, -0.25) is 14.3 Å². The molecular formula is C18H21N3O4. The third-order valence-electron chi connectivity index (χ3n) is 4.43. The number of aliphatic carboxylic acids is 1. The van der Waals surface area contributed by atoms with Crippen molar-refractivity contribution in [1.82, 2.24) is 9.78 Å². The Morgan fingerprint density at radius 1 is 1.32 bits per heavy atom. The first-order valence-electron chi connectivity index (χ1n) is 8.33. The van der Waals surface area contributed by atoms with Crippen LogP contribution in [-0.2, 0) is 33.9 Å². The molecule has 3 rings (SSSR count). The van der Waals surface area contributed by atoms with Crippen LogP contribution in [0, 0.1) is 0 Å². The number of fused-ring (bicyclic) bond motifs is 1. The van der Waals surface area contributed by atoms with E-state index < -0.39 is 11.9 Å². The molecule has 0 amide bonds. The molecule has 1 aromatic heterocycles. The van der Waals surface area contributed by atoms with E-state index >= 15 is 0 Å². The topological polar surface area (TPSA) is 107 Å². The van der Waals surface area contributed by atoms with Crippen molar-refractivity contribution in [1.29, 1.82) is 0 Å². The maximum atomic E-state index is 12.6. The van der Waals surface area contributed by atoms with Crippen molar-refractivity contribution >= 4 is 17.8 Å². The summed E-state index contributed by atoms with van der Waals surface area (Å²) in [7, 11) is 0. The highest BCUT2D eigenvalue weighted by Gasteiger charge is 2.33. The van der Waals surface area contributed by atoms with Crippen molar-refractivity contribution in [3.63, 3.8) is 0 Å². The number of carboxylic acid groups (broad SMARTS) is 1. The van der Waals surface area contributed by atoms with Crippen LogP contribution in [0.3, 0.4) is 0 Å². The number of esters is 1. The van der Waals surface area contributed by atoms with Gasteiger partial charge in [0.1, 0.15) is 12.4 Å². The van der Waals surface area contributed by atoms with Gasteiger partial charge >= 0.3 is 11.9 Å². The second-order valence-electron chi connectivity index (χ2n) is 6.15. The molecule has 1 aliphatic carbocycles. The molecule has 0 unspecified atom stereocenters. The largest absolute Gasteiger partial charge is 0.481 e. The number of carbonyl (C=O) groups excluding carboxylic acids is 1. The van der Waals surface area contributed by atoms with Crippen molar-refractivity contribution in [3.8, 4) is 0 Å². The quantitative estimate of drug-likeness (QED) is 0.778. The number of benzene rings is 1. The zero-order chi connectivity index (χ0) is 17.8. The van der Waals surface area contributed by atoms with Crippen LogP contribution in [-0.4, -0.2) is 26.8 Å². The molecule has 0 saturated carbocycles. The second kappa shape index (κ2) is 7.38. The molecule has 0 spiro atoms. The highest BCUT2D eigenvalue weighted by molar-refractivity contribution is 5.81. The van der Waals surface area contributed by atoms with Gasteiger partial charge in [0, 0.05) is 11.3 Å². The summed E-state index contributed by atoms with van der Waals surface area (Å²) in [6, 6.07) is 9.50. The molecule has 3 N–H and O–H groups in total. The summed E-state index contributed by atoms with van der Waals surface area (Å²) >= 11 is 0. The van der Waals surface area contributed by atoms with Crippen LogP contribution < -0.4 is 5.73 Å². The van der Waals surface area contributed by atoms with Crippen LogP contribution in [0.4, 0.5) is 5.82 Å². The minimum atomic E-state index is -0.891. The summed E-state index contributed by atoms with van der Waals surface area (Å²) in [6.07, 6.45) is 2.18. The lowest BCUT2D eigenvalue weighted by atomic mass is 9.86. The first kappa shape index (κ1) is 17.0. The fraction of sp³-hybridized carbons (Fsp3) is 0.389. The molecule has 7 heteroatoms. The minimum Gasteiger partial charge on any atom is -0.481 e. The summed E-state index contributed by atoms with van der Waals surface area (Å²) in [5, 5.41) is 13.1. The average Bonchev–Trinajstić information content (AvgIpc) is 2.95. The first-order valence-corrected chi connectivity index (χ1v) is 8.33.